The number of rotatable bonds is 6. The Bertz CT molecular complexity index is 945. The molecular weight excluding hydrogens is 402 g/mol. The zero-order valence-electron chi connectivity index (χ0n) is 14.8. The first-order valence-corrected chi connectivity index (χ1v) is 8.73. The predicted molar refractivity (Wildman–Crippen MR) is 91.5 cm³/mol. The Labute approximate surface area is 185 Å². The first-order valence-electron chi connectivity index (χ1n) is 7.85. The van der Waals surface area contributed by atoms with Gasteiger partial charge in [0.1, 0.15) is 12.4 Å². The van der Waals surface area contributed by atoms with Crippen LogP contribution < -0.4 is 39.4 Å². The maximum absolute atomic E-state index is 13.1. The smallest absolute Gasteiger partial charge is 0.543 e. The van der Waals surface area contributed by atoms with Crippen molar-refractivity contribution < 1.29 is 57.4 Å². The van der Waals surface area contributed by atoms with Gasteiger partial charge in [-0.15, -0.1) is 11.3 Å². The van der Waals surface area contributed by atoms with E-state index in [1.807, 2.05) is 30.3 Å². The minimum Gasteiger partial charge on any atom is -0.543 e. The van der Waals surface area contributed by atoms with E-state index in [4.69, 9.17) is 4.74 Å². The Morgan fingerprint density at radius 1 is 1.14 bits per heavy atom. The van der Waals surface area contributed by atoms with Crippen molar-refractivity contribution in [1.29, 1.82) is 0 Å². The molecule has 0 aliphatic heterocycles. The number of nitrogens with zero attached hydrogens (tertiary/aromatic N) is 1. The second-order valence-electron chi connectivity index (χ2n) is 5.69. The number of aromatic carboxylic acids is 1. The number of thiazole rings is 1. The number of carboxylic acid groups (broad SMARTS) is 1. The number of aromatic nitrogens is 1. The molecule has 0 aliphatic rings. The minimum absolute atomic E-state index is 0. The van der Waals surface area contributed by atoms with Gasteiger partial charge in [-0.25, -0.2) is 4.98 Å². The number of hydrogen-bond donors (Lipinski definition) is 0. The molecule has 28 heavy (non-hydrogen) atoms. The number of alkyl halides is 3. The molecule has 1 heterocycles. The molecule has 2 aromatic carbocycles. The summed E-state index contributed by atoms with van der Waals surface area (Å²) in [6.45, 7) is 0.196. The van der Waals surface area contributed by atoms with Crippen LogP contribution in [0, 0.1) is 0 Å². The monoisotopic (exact) mass is 415 g/mol. The van der Waals surface area contributed by atoms with Crippen LogP contribution in [0.25, 0.3) is 0 Å². The normalized spacial score (nSPS) is 11.0. The summed E-state index contributed by atoms with van der Waals surface area (Å²) in [6.07, 6.45) is -4.47. The van der Waals surface area contributed by atoms with Crippen LogP contribution in [0.4, 0.5) is 13.2 Å². The second-order valence-corrected chi connectivity index (χ2v) is 6.63. The fraction of sp³-hybridized carbons (Fsp3) is 0.158. The van der Waals surface area contributed by atoms with E-state index in [9.17, 15) is 23.1 Å². The quantitative estimate of drug-likeness (QED) is 0.556. The number of carboxylic acids is 1. The molecule has 0 saturated carbocycles. The molecule has 0 unspecified atom stereocenters. The molecule has 140 valence electrons. The van der Waals surface area contributed by atoms with E-state index >= 15 is 0 Å². The Morgan fingerprint density at radius 3 is 2.46 bits per heavy atom. The Morgan fingerprint density at radius 2 is 1.86 bits per heavy atom. The predicted octanol–water partition coefficient (Wildman–Crippen LogP) is 0.699. The molecular formula is C19H13F3NNaO3S. The summed E-state index contributed by atoms with van der Waals surface area (Å²) in [5.74, 6) is -1.14. The first kappa shape index (κ1) is 22.4. The van der Waals surface area contributed by atoms with Gasteiger partial charge in [-0.05, 0) is 23.8 Å². The van der Waals surface area contributed by atoms with Gasteiger partial charge in [0.2, 0.25) is 0 Å². The third-order valence-electron chi connectivity index (χ3n) is 3.73. The van der Waals surface area contributed by atoms with E-state index in [2.05, 4.69) is 4.98 Å². The summed E-state index contributed by atoms with van der Waals surface area (Å²) < 4.78 is 44.9. The van der Waals surface area contributed by atoms with E-state index in [1.165, 1.54) is 11.4 Å². The van der Waals surface area contributed by atoms with Crippen molar-refractivity contribution in [2.45, 2.75) is 19.2 Å². The fourth-order valence-electron chi connectivity index (χ4n) is 2.42. The van der Waals surface area contributed by atoms with Crippen LogP contribution in [-0.4, -0.2) is 11.0 Å². The fourth-order valence-corrected chi connectivity index (χ4v) is 3.21. The average molecular weight is 415 g/mol. The summed E-state index contributed by atoms with van der Waals surface area (Å²) in [5.41, 5.74) is 0.104. The van der Waals surface area contributed by atoms with Gasteiger partial charge < -0.3 is 14.6 Å². The second kappa shape index (κ2) is 9.56. The maximum Gasteiger partial charge on any atom is 1.00 e. The molecule has 0 atom stereocenters. The van der Waals surface area contributed by atoms with Crippen LogP contribution in [-0.2, 0) is 19.2 Å². The molecule has 0 fully saturated rings. The van der Waals surface area contributed by atoms with E-state index in [0.29, 0.717) is 5.01 Å². The van der Waals surface area contributed by atoms with Crippen LogP contribution >= 0.6 is 11.3 Å². The minimum atomic E-state index is -4.49. The summed E-state index contributed by atoms with van der Waals surface area (Å²) in [5, 5.41) is 12.5. The summed E-state index contributed by atoms with van der Waals surface area (Å²) in [4.78, 5) is 14.7. The molecule has 0 aliphatic carbocycles. The molecule has 0 bridgehead atoms. The van der Waals surface area contributed by atoms with E-state index < -0.39 is 17.7 Å². The van der Waals surface area contributed by atoms with Crippen molar-refractivity contribution in [1.82, 2.24) is 4.98 Å². The van der Waals surface area contributed by atoms with Crippen molar-refractivity contribution in [3.05, 3.63) is 81.3 Å². The zero-order chi connectivity index (χ0) is 19.4. The SMILES string of the molecule is O=C([O-])c1csc(Cc2cc(C(F)(F)F)ccc2OCc2ccccc2)n1.[Na+]. The summed E-state index contributed by atoms with van der Waals surface area (Å²) in [6, 6.07) is 12.4. The van der Waals surface area contributed by atoms with E-state index in [1.54, 1.807) is 0 Å². The van der Waals surface area contributed by atoms with Gasteiger partial charge in [0.25, 0.3) is 0 Å². The molecule has 0 spiro atoms. The number of halogens is 3. The molecule has 0 saturated heterocycles. The molecule has 3 rings (SSSR count). The standard InChI is InChI=1S/C19H14F3NO3S.Na/c20-19(21,22)14-6-7-16(26-10-12-4-2-1-3-5-12)13(8-14)9-17-23-15(11-27-17)18(24)25;/h1-8,11H,9-10H2,(H,24,25);/q;+1/p-1. The molecule has 1 aromatic heterocycles. The first-order chi connectivity index (χ1) is 12.8. The topological polar surface area (TPSA) is 62.2 Å². The average Bonchev–Trinajstić information content (AvgIpc) is 3.09. The molecule has 0 N–H and O–H groups in total. The van der Waals surface area contributed by atoms with E-state index in [0.717, 1.165) is 29.0 Å². The number of hydrogen-bond acceptors (Lipinski definition) is 5. The van der Waals surface area contributed by atoms with Crippen LogP contribution in [0.2, 0.25) is 0 Å². The van der Waals surface area contributed by atoms with Crippen molar-refractivity contribution in [3.8, 4) is 5.75 Å². The van der Waals surface area contributed by atoms with Gasteiger partial charge >= 0.3 is 35.7 Å². The Balaban J connectivity index is 0.00000280. The van der Waals surface area contributed by atoms with E-state index in [-0.39, 0.29) is 59.6 Å². The van der Waals surface area contributed by atoms with Gasteiger partial charge in [0.05, 0.1) is 22.2 Å². The number of carbonyl (C=O) groups is 1. The summed E-state index contributed by atoms with van der Waals surface area (Å²) >= 11 is 1.04. The third kappa shape index (κ3) is 5.81. The number of ether oxygens (including phenoxy) is 1. The largest absolute Gasteiger partial charge is 1.00 e. The molecule has 3 aromatic rings. The van der Waals surface area contributed by atoms with Gasteiger partial charge in [-0.1, -0.05) is 30.3 Å². The van der Waals surface area contributed by atoms with Gasteiger partial charge in [0, 0.05) is 17.4 Å². The molecule has 0 radical (unpaired) electrons. The van der Waals surface area contributed by atoms with Crippen LogP contribution in [0.1, 0.15) is 32.2 Å². The maximum atomic E-state index is 13.1. The number of benzene rings is 2. The Hall–Kier alpha value is -1.87. The zero-order valence-corrected chi connectivity index (χ0v) is 17.6. The third-order valence-corrected chi connectivity index (χ3v) is 4.58. The van der Waals surface area contributed by atoms with Crippen molar-refractivity contribution in [2.75, 3.05) is 0 Å². The van der Waals surface area contributed by atoms with Gasteiger partial charge in [0.15, 0.2) is 0 Å². The molecule has 4 nitrogen and oxygen atoms in total. The molecule has 9 heteroatoms. The van der Waals surface area contributed by atoms with Crippen molar-refractivity contribution in [2.24, 2.45) is 0 Å². The number of carbonyl (C=O) groups excluding carboxylic acids is 1. The van der Waals surface area contributed by atoms with Crippen LogP contribution in [0.15, 0.2) is 53.9 Å². The van der Waals surface area contributed by atoms with Gasteiger partial charge in [-0.3, -0.25) is 0 Å². The van der Waals surface area contributed by atoms with Crippen molar-refractivity contribution in [3.63, 3.8) is 0 Å². The summed E-state index contributed by atoms with van der Waals surface area (Å²) in [7, 11) is 0. The molecule has 0 amide bonds. The van der Waals surface area contributed by atoms with Crippen LogP contribution in [0.5, 0.6) is 5.75 Å². The van der Waals surface area contributed by atoms with Crippen molar-refractivity contribution >= 4 is 17.3 Å². The van der Waals surface area contributed by atoms with Crippen LogP contribution in [0.3, 0.4) is 0 Å². The Kier molecular flexibility index (Phi) is 7.65. The van der Waals surface area contributed by atoms with Gasteiger partial charge in [-0.2, -0.15) is 13.2 Å².